The van der Waals surface area contributed by atoms with Gasteiger partial charge in [-0.2, -0.15) is 0 Å². The number of hydrogen-bond donors (Lipinski definition) is 2. The van der Waals surface area contributed by atoms with Gasteiger partial charge in [-0.15, -0.1) is 11.3 Å². The van der Waals surface area contributed by atoms with E-state index in [9.17, 15) is 4.79 Å². The molecule has 2 aromatic rings. The summed E-state index contributed by atoms with van der Waals surface area (Å²) in [5.74, 6) is 0.826. The molecule has 31 heavy (non-hydrogen) atoms. The molecule has 2 N–H and O–H groups in total. The first-order valence-corrected chi connectivity index (χ1v) is 11.6. The van der Waals surface area contributed by atoms with E-state index in [0.29, 0.717) is 13.1 Å². The maximum Gasteiger partial charge on any atom is 0.407 e. The van der Waals surface area contributed by atoms with E-state index in [-0.39, 0.29) is 12.1 Å². The number of aliphatic imine (C=N–C) groups is 1. The van der Waals surface area contributed by atoms with Gasteiger partial charge in [0.2, 0.25) is 0 Å². The fourth-order valence-electron chi connectivity index (χ4n) is 3.49. The van der Waals surface area contributed by atoms with Gasteiger partial charge in [0.25, 0.3) is 0 Å². The normalized spacial score (nSPS) is 17.0. The van der Waals surface area contributed by atoms with Crippen LogP contribution in [0.2, 0.25) is 0 Å². The Balaban J connectivity index is 1.43. The Morgan fingerprint density at radius 3 is 2.77 bits per heavy atom. The fraction of sp³-hybridized carbons (Fsp3) is 0.522. The zero-order valence-electron chi connectivity index (χ0n) is 18.9. The highest BCUT2D eigenvalue weighted by molar-refractivity contribution is 7.09. The van der Waals surface area contributed by atoms with Crippen molar-refractivity contribution in [3.05, 3.63) is 52.0 Å². The number of carbonyl (C=O) groups excluding carboxylic acids is 1. The number of carbonyl (C=O) groups is 1. The molecular formula is C23H33N5O2S. The summed E-state index contributed by atoms with van der Waals surface area (Å²) in [4.78, 5) is 23.3. The van der Waals surface area contributed by atoms with Crippen molar-refractivity contribution in [3.8, 4) is 0 Å². The highest BCUT2D eigenvalue weighted by Crippen LogP contribution is 2.15. The number of nitrogens with zero attached hydrogens (tertiary/aromatic N) is 3. The molecule has 0 unspecified atom stereocenters. The number of aryl methyl sites for hydroxylation is 2. The van der Waals surface area contributed by atoms with Gasteiger partial charge >= 0.3 is 6.09 Å². The number of rotatable bonds is 6. The van der Waals surface area contributed by atoms with Gasteiger partial charge in [0.1, 0.15) is 5.60 Å². The van der Waals surface area contributed by atoms with E-state index < -0.39 is 5.60 Å². The molecule has 0 bridgehead atoms. The summed E-state index contributed by atoms with van der Waals surface area (Å²) in [6.07, 6.45) is 2.45. The molecular weight excluding hydrogens is 410 g/mol. The molecule has 0 radical (unpaired) electrons. The van der Waals surface area contributed by atoms with E-state index in [1.165, 1.54) is 5.56 Å². The lowest BCUT2D eigenvalue weighted by Crippen LogP contribution is -2.44. The minimum atomic E-state index is -0.493. The minimum Gasteiger partial charge on any atom is -0.444 e. The van der Waals surface area contributed by atoms with Crippen molar-refractivity contribution in [3.63, 3.8) is 0 Å². The number of benzene rings is 1. The molecule has 1 amide bonds. The average molecular weight is 444 g/mol. The molecule has 1 fully saturated rings. The predicted molar refractivity (Wildman–Crippen MR) is 126 cm³/mol. The van der Waals surface area contributed by atoms with Crippen LogP contribution >= 0.6 is 11.3 Å². The Morgan fingerprint density at radius 2 is 2.06 bits per heavy atom. The van der Waals surface area contributed by atoms with Crippen LogP contribution in [-0.2, 0) is 24.1 Å². The van der Waals surface area contributed by atoms with Crippen molar-refractivity contribution in [2.24, 2.45) is 4.99 Å². The lowest BCUT2D eigenvalue weighted by atomic mass is 10.1. The first-order chi connectivity index (χ1) is 14.8. The van der Waals surface area contributed by atoms with E-state index in [1.807, 2.05) is 26.8 Å². The van der Waals surface area contributed by atoms with Crippen LogP contribution in [0.1, 0.15) is 43.5 Å². The molecule has 0 spiro atoms. The van der Waals surface area contributed by atoms with Gasteiger partial charge < -0.3 is 20.3 Å². The molecule has 1 atom stereocenters. The van der Waals surface area contributed by atoms with Crippen LogP contribution < -0.4 is 10.6 Å². The molecule has 3 rings (SSSR count). The van der Waals surface area contributed by atoms with Gasteiger partial charge in [-0.3, -0.25) is 4.99 Å². The summed E-state index contributed by atoms with van der Waals surface area (Å²) in [5, 5.41) is 9.62. The van der Waals surface area contributed by atoms with Crippen molar-refractivity contribution < 1.29 is 9.53 Å². The van der Waals surface area contributed by atoms with Crippen LogP contribution in [0, 0.1) is 0 Å². The van der Waals surface area contributed by atoms with Gasteiger partial charge in [0.05, 0.1) is 23.3 Å². The van der Waals surface area contributed by atoms with Gasteiger partial charge in [0.15, 0.2) is 5.96 Å². The second-order valence-electron chi connectivity index (χ2n) is 8.70. The minimum absolute atomic E-state index is 0.0530. The Labute approximate surface area is 188 Å². The summed E-state index contributed by atoms with van der Waals surface area (Å²) < 4.78 is 5.36. The van der Waals surface area contributed by atoms with Crippen LogP contribution in [0.5, 0.6) is 0 Å². The lowest BCUT2D eigenvalue weighted by Gasteiger charge is -2.23. The first-order valence-electron chi connectivity index (χ1n) is 10.7. The first kappa shape index (κ1) is 23.1. The molecule has 1 saturated heterocycles. The predicted octanol–water partition coefficient (Wildman–Crippen LogP) is 3.60. The summed E-state index contributed by atoms with van der Waals surface area (Å²) in [5.41, 5.74) is 1.87. The summed E-state index contributed by atoms with van der Waals surface area (Å²) in [6.45, 7) is 7.77. The van der Waals surface area contributed by atoms with Crippen LogP contribution in [0.4, 0.5) is 4.79 Å². The van der Waals surface area contributed by atoms with Crippen molar-refractivity contribution in [1.82, 2.24) is 20.5 Å². The molecule has 1 aromatic carbocycles. The summed E-state index contributed by atoms with van der Waals surface area (Å²) in [6, 6.07) is 10.5. The summed E-state index contributed by atoms with van der Waals surface area (Å²) in [7, 11) is 1.78. The maximum atomic E-state index is 12.0. The second kappa shape index (κ2) is 10.6. The molecule has 2 heterocycles. The molecule has 1 aliphatic heterocycles. The van der Waals surface area contributed by atoms with Crippen LogP contribution in [0.15, 0.2) is 40.7 Å². The number of alkyl carbamates (subject to hydrolysis) is 1. The number of likely N-dealkylation sites (tertiary alicyclic amines) is 1. The van der Waals surface area contributed by atoms with Gasteiger partial charge in [-0.25, -0.2) is 9.78 Å². The number of guanidine groups is 1. The van der Waals surface area contributed by atoms with Gasteiger partial charge in [0, 0.05) is 31.9 Å². The quantitative estimate of drug-likeness (QED) is 0.527. The molecule has 0 aliphatic carbocycles. The number of amides is 1. The van der Waals surface area contributed by atoms with E-state index in [2.05, 4.69) is 50.2 Å². The second-order valence-corrected chi connectivity index (χ2v) is 9.64. The fourth-order valence-corrected chi connectivity index (χ4v) is 4.29. The monoisotopic (exact) mass is 443 g/mol. The smallest absolute Gasteiger partial charge is 0.407 e. The van der Waals surface area contributed by atoms with E-state index in [1.54, 1.807) is 18.4 Å². The van der Waals surface area contributed by atoms with E-state index >= 15 is 0 Å². The third kappa shape index (κ3) is 7.54. The summed E-state index contributed by atoms with van der Waals surface area (Å²) >= 11 is 1.71. The zero-order chi connectivity index (χ0) is 22.3. The average Bonchev–Trinajstić information content (AvgIpc) is 3.36. The van der Waals surface area contributed by atoms with E-state index in [0.717, 1.165) is 42.5 Å². The number of thiazole rings is 1. The number of ether oxygens (including phenoxy) is 1. The third-order valence-electron chi connectivity index (χ3n) is 4.92. The SMILES string of the molecule is CN=C(NCc1csc(CCc2ccccc2)n1)N1CC[C@@H](NC(=O)OC(C)(C)C)C1. The highest BCUT2D eigenvalue weighted by atomic mass is 32.1. The number of hydrogen-bond acceptors (Lipinski definition) is 5. The lowest BCUT2D eigenvalue weighted by molar-refractivity contribution is 0.0507. The van der Waals surface area contributed by atoms with Crippen LogP contribution in [-0.4, -0.2) is 53.7 Å². The number of nitrogens with one attached hydrogen (secondary N) is 2. The Hall–Kier alpha value is -2.61. The molecule has 168 valence electrons. The molecule has 1 aromatic heterocycles. The standard InChI is InChI=1S/C23H33N5O2S/c1-23(2,3)30-22(29)27-18-12-13-28(15-18)21(24-4)25-14-19-16-31-20(26-19)11-10-17-8-6-5-7-9-17/h5-9,16,18H,10-15H2,1-4H3,(H,24,25)(H,27,29)/t18-/m1/s1. The number of aromatic nitrogens is 1. The Morgan fingerprint density at radius 1 is 1.29 bits per heavy atom. The van der Waals surface area contributed by atoms with Crippen molar-refractivity contribution in [2.75, 3.05) is 20.1 Å². The van der Waals surface area contributed by atoms with Crippen molar-refractivity contribution in [2.45, 2.75) is 58.2 Å². The third-order valence-corrected chi connectivity index (χ3v) is 5.88. The Kier molecular flexibility index (Phi) is 7.90. The van der Waals surface area contributed by atoms with Gasteiger partial charge in [-0.1, -0.05) is 30.3 Å². The van der Waals surface area contributed by atoms with Crippen LogP contribution in [0.3, 0.4) is 0 Å². The molecule has 8 heteroatoms. The highest BCUT2D eigenvalue weighted by Gasteiger charge is 2.27. The largest absolute Gasteiger partial charge is 0.444 e. The maximum absolute atomic E-state index is 12.0. The topological polar surface area (TPSA) is 78.9 Å². The van der Waals surface area contributed by atoms with Crippen molar-refractivity contribution >= 4 is 23.4 Å². The zero-order valence-corrected chi connectivity index (χ0v) is 19.7. The molecule has 0 saturated carbocycles. The molecule has 1 aliphatic rings. The van der Waals surface area contributed by atoms with Crippen LogP contribution in [0.25, 0.3) is 0 Å². The van der Waals surface area contributed by atoms with Crippen molar-refractivity contribution in [1.29, 1.82) is 0 Å². The molecule has 7 nitrogen and oxygen atoms in total. The van der Waals surface area contributed by atoms with E-state index in [4.69, 9.17) is 9.72 Å². The Bertz CT molecular complexity index is 876. The van der Waals surface area contributed by atoms with Gasteiger partial charge in [-0.05, 0) is 39.2 Å².